The number of hydrogen-bond donors (Lipinski definition) is 2. The Morgan fingerprint density at radius 3 is 2.73 bits per heavy atom. The molecule has 2 unspecified atom stereocenters. The third kappa shape index (κ3) is 3.75. The van der Waals surface area contributed by atoms with E-state index in [9.17, 15) is 4.39 Å². The summed E-state index contributed by atoms with van der Waals surface area (Å²) in [7, 11) is 0. The van der Waals surface area contributed by atoms with E-state index in [0.29, 0.717) is 6.04 Å². The van der Waals surface area contributed by atoms with Gasteiger partial charge in [-0.25, -0.2) is 4.39 Å². The molecular formula is C16H23FN4O. The van der Waals surface area contributed by atoms with Gasteiger partial charge in [-0.2, -0.15) is 0 Å². The molecule has 1 fully saturated rings. The van der Waals surface area contributed by atoms with Gasteiger partial charge in [0.1, 0.15) is 5.82 Å². The van der Waals surface area contributed by atoms with Crippen LogP contribution in [0.4, 0.5) is 4.39 Å². The summed E-state index contributed by atoms with van der Waals surface area (Å²) in [5, 5.41) is 6.69. The summed E-state index contributed by atoms with van der Waals surface area (Å²) in [5.74, 6) is 0.654. The highest BCUT2D eigenvalue weighted by molar-refractivity contribution is 5.81. The van der Waals surface area contributed by atoms with E-state index >= 15 is 0 Å². The number of morpholine rings is 1. The Balaban J connectivity index is 1.69. The first-order valence-corrected chi connectivity index (χ1v) is 7.84. The van der Waals surface area contributed by atoms with Crippen LogP contribution in [0, 0.1) is 5.82 Å². The fourth-order valence-electron chi connectivity index (χ4n) is 2.89. The zero-order valence-corrected chi connectivity index (χ0v) is 12.9. The van der Waals surface area contributed by atoms with Crippen LogP contribution in [0.25, 0.3) is 0 Å². The van der Waals surface area contributed by atoms with Crippen molar-refractivity contribution in [1.29, 1.82) is 0 Å². The summed E-state index contributed by atoms with van der Waals surface area (Å²) in [6.07, 6.45) is 0. The third-order valence-corrected chi connectivity index (χ3v) is 4.11. The Bertz CT molecular complexity index is 513. The number of aliphatic imine (C=N–C) groups is 1. The second-order valence-corrected chi connectivity index (χ2v) is 5.83. The molecule has 2 N–H and O–H groups in total. The number of rotatable bonds is 4. The molecule has 120 valence electrons. The van der Waals surface area contributed by atoms with Crippen LogP contribution in [0.1, 0.15) is 18.5 Å². The molecule has 0 bridgehead atoms. The zero-order valence-electron chi connectivity index (χ0n) is 12.9. The molecular weight excluding hydrogens is 283 g/mol. The van der Waals surface area contributed by atoms with Gasteiger partial charge in [0, 0.05) is 25.7 Å². The van der Waals surface area contributed by atoms with Crippen molar-refractivity contribution in [3.63, 3.8) is 0 Å². The first-order chi connectivity index (χ1) is 10.7. The van der Waals surface area contributed by atoms with Crippen molar-refractivity contribution < 1.29 is 9.13 Å². The molecule has 1 aromatic carbocycles. The Kier molecular flexibility index (Phi) is 4.90. The molecule has 0 aromatic heterocycles. The van der Waals surface area contributed by atoms with Crippen LogP contribution >= 0.6 is 0 Å². The molecule has 0 saturated carbocycles. The van der Waals surface area contributed by atoms with Crippen molar-refractivity contribution >= 4 is 5.96 Å². The molecule has 0 amide bonds. The normalized spacial score (nSPS) is 23.7. The number of guanidine groups is 1. The first kappa shape index (κ1) is 15.2. The lowest BCUT2D eigenvalue weighted by Gasteiger charge is -2.35. The van der Waals surface area contributed by atoms with Gasteiger partial charge in [-0.1, -0.05) is 12.1 Å². The molecule has 0 radical (unpaired) electrons. The van der Waals surface area contributed by atoms with Crippen molar-refractivity contribution in [2.45, 2.75) is 19.0 Å². The maximum atomic E-state index is 13.2. The van der Waals surface area contributed by atoms with Crippen LogP contribution in [0.15, 0.2) is 29.3 Å². The molecule has 0 spiro atoms. The SMILES string of the molecule is CC1CN=C(NCC(c2ccc(F)cc2)N2CCOCC2)N1. The fraction of sp³-hybridized carbons (Fsp3) is 0.562. The van der Waals surface area contributed by atoms with Crippen molar-refractivity contribution in [1.82, 2.24) is 15.5 Å². The Labute approximate surface area is 130 Å². The molecule has 6 heteroatoms. The van der Waals surface area contributed by atoms with E-state index in [4.69, 9.17) is 4.74 Å². The van der Waals surface area contributed by atoms with Gasteiger partial charge in [0.2, 0.25) is 0 Å². The molecule has 2 atom stereocenters. The number of benzene rings is 1. The Morgan fingerprint density at radius 1 is 1.36 bits per heavy atom. The minimum Gasteiger partial charge on any atom is -0.379 e. The number of nitrogens with zero attached hydrogens (tertiary/aromatic N) is 2. The van der Waals surface area contributed by atoms with Crippen LogP contribution < -0.4 is 10.6 Å². The molecule has 2 heterocycles. The third-order valence-electron chi connectivity index (χ3n) is 4.11. The van der Waals surface area contributed by atoms with E-state index in [1.807, 2.05) is 12.1 Å². The van der Waals surface area contributed by atoms with Crippen LogP contribution in [-0.4, -0.2) is 56.3 Å². The molecule has 0 aliphatic carbocycles. The summed E-state index contributed by atoms with van der Waals surface area (Å²) < 4.78 is 18.6. The molecule has 2 aliphatic heterocycles. The lowest BCUT2D eigenvalue weighted by molar-refractivity contribution is 0.0170. The maximum absolute atomic E-state index is 13.2. The highest BCUT2D eigenvalue weighted by atomic mass is 19.1. The highest BCUT2D eigenvalue weighted by Crippen LogP contribution is 2.21. The lowest BCUT2D eigenvalue weighted by atomic mass is 10.0. The summed E-state index contributed by atoms with van der Waals surface area (Å²) in [6, 6.07) is 7.35. The van der Waals surface area contributed by atoms with Crippen molar-refractivity contribution in [2.75, 3.05) is 39.4 Å². The smallest absolute Gasteiger partial charge is 0.191 e. The average Bonchev–Trinajstić information content (AvgIpc) is 2.96. The number of nitrogens with one attached hydrogen (secondary N) is 2. The first-order valence-electron chi connectivity index (χ1n) is 7.84. The monoisotopic (exact) mass is 306 g/mol. The van der Waals surface area contributed by atoms with Gasteiger partial charge in [-0.15, -0.1) is 0 Å². The van der Waals surface area contributed by atoms with Gasteiger partial charge >= 0.3 is 0 Å². The van der Waals surface area contributed by atoms with Crippen molar-refractivity contribution in [2.24, 2.45) is 4.99 Å². The summed E-state index contributed by atoms with van der Waals surface area (Å²) in [6.45, 7) is 6.92. The van der Waals surface area contributed by atoms with E-state index in [2.05, 4.69) is 27.4 Å². The second-order valence-electron chi connectivity index (χ2n) is 5.83. The fourth-order valence-corrected chi connectivity index (χ4v) is 2.89. The van der Waals surface area contributed by atoms with Gasteiger partial charge < -0.3 is 15.4 Å². The van der Waals surface area contributed by atoms with Gasteiger partial charge in [0.15, 0.2) is 5.96 Å². The number of halogens is 1. The van der Waals surface area contributed by atoms with Crippen molar-refractivity contribution in [3.8, 4) is 0 Å². The van der Waals surface area contributed by atoms with Crippen molar-refractivity contribution in [3.05, 3.63) is 35.6 Å². The zero-order chi connectivity index (χ0) is 15.4. The Hall–Kier alpha value is -1.66. The largest absolute Gasteiger partial charge is 0.379 e. The quantitative estimate of drug-likeness (QED) is 0.876. The van der Waals surface area contributed by atoms with Gasteiger partial charge in [-0.3, -0.25) is 9.89 Å². The predicted molar refractivity (Wildman–Crippen MR) is 84.4 cm³/mol. The van der Waals surface area contributed by atoms with E-state index < -0.39 is 0 Å². The minimum absolute atomic E-state index is 0.185. The topological polar surface area (TPSA) is 48.9 Å². The van der Waals surface area contributed by atoms with Crippen LogP contribution in [0.3, 0.4) is 0 Å². The molecule has 1 saturated heterocycles. The van der Waals surface area contributed by atoms with E-state index in [0.717, 1.165) is 50.9 Å². The highest BCUT2D eigenvalue weighted by Gasteiger charge is 2.23. The molecule has 2 aliphatic rings. The van der Waals surface area contributed by atoms with E-state index in [1.54, 1.807) is 0 Å². The van der Waals surface area contributed by atoms with E-state index in [-0.39, 0.29) is 11.9 Å². The maximum Gasteiger partial charge on any atom is 0.191 e. The summed E-state index contributed by atoms with van der Waals surface area (Å²) >= 11 is 0. The second kappa shape index (κ2) is 7.07. The van der Waals surface area contributed by atoms with Gasteiger partial charge in [0.25, 0.3) is 0 Å². The van der Waals surface area contributed by atoms with Crippen LogP contribution in [0.5, 0.6) is 0 Å². The number of ether oxygens (including phenoxy) is 1. The molecule has 5 nitrogen and oxygen atoms in total. The van der Waals surface area contributed by atoms with Gasteiger partial charge in [0.05, 0.1) is 25.8 Å². The van der Waals surface area contributed by atoms with Gasteiger partial charge in [-0.05, 0) is 24.6 Å². The number of hydrogen-bond acceptors (Lipinski definition) is 5. The average molecular weight is 306 g/mol. The van der Waals surface area contributed by atoms with E-state index in [1.165, 1.54) is 12.1 Å². The predicted octanol–water partition coefficient (Wildman–Crippen LogP) is 1.14. The molecule has 22 heavy (non-hydrogen) atoms. The van der Waals surface area contributed by atoms with Crippen LogP contribution in [0.2, 0.25) is 0 Å². The summed E-state index contributed by atoms with van der Waals surface area (Å²) in [5.41, 5.74) is 1.11. The summed E-state index contributed by atoms with van der Waals surface area (Å²) in [4.78, 5) is 6.81. The molecule has 3 rings (SSSR count). The minimum atomic E-state index is -0.201. The Morgan fingerprint density at radius 2 is 2.09 bits per heavy atom. The standard InChI is InChI=1S/C16H23FN4O/c1-12-10-18-16(20-12)19-11-15(21-6-8-22-9-7-21)13-2-4-14(17)5-3-13/h2-5,12,15H,6-11H2,1H3,(H2,18,19,20). The van der Waals surface area contributed by atoms with Crippen LogP contribution in [-0.2, 0) is 4.74 Å². The molecule has 1 aromatic rings. The lowest BCUT2D eigenvalue weighted by Crippen LogP contribution is -2.46.